The van der Waals surface area contributed by atoms with Crippen molar-refractivity contribution in [1.82, 2.24) is 14.9 Å². The summed E-state index contributed by atoms with van der Waals surface area (Å²) in [6.07, 6.45) is 6.22. The van der Waals surface area contributed by atoms with E-state index in [4.69, 9.17) is 4.74 Å². The Kier molecular flexibility index (Phi) is 5.00. The minimum atomic E-state index is 0.00649. The fraction of sp³-hybridized carbons (Fsp3) is 0.375. The van der Waals surface area contributed by atoms with Gasteiger partial charge in [-0.1, -0.05) is 30.0 Å². The van der Waals surface area contributed by atoms with Crippen LogP contribution in [-0.4, -0.2) is 34.4 Å². The molecule has 2 aromatic rings. The van der Waals surface area contributed by atoms with Gasteiger partial charge in [0, 0.05) is 18.4 Å². The van der Waals surface area contributed by atoms with Gasteiger partial charge in [0.05, 0.1) is 12.3 Å². The molecule has 22 heavy (non-hydrogen) atoms. The van der Waals surface area contributed by atoms with Gasteiger partial charge in [0.25, 0.3) is 0 Å². The van der Waals surface area contributed by atoms with E-state index in [0.29, 0.717) is 24.9 Å². The Balaban J connectivity index is 1.33. The van der Waals surface area contributed by atoms with Crippen LogP contribution < -0.4 is 10.1 Å². The second-order valence-corrected chi connectivity index (χ2v) is 6.09. The van der Waals surface area contributed by atoms with E-state index in [0.717, 1.165) is 10.9 Å². The number of aromatic nitrogens is 2. The van der Waals surface area contributed by atoms with Crippen LogP contribution in [0.2, 0.25) is 0 Å². The van der Waals surface area contributed by atoms with E-state index in [-0.39, 0.29) is 5.91 Å². The second kappa shape index (κ2) is 7.35. The average Bonchev–Trinajstić information content (AvgIpc) is 3.29. The first kappa shape index (κ1) is 15.0. The summed E-state index contributed by atoms with van der Waals surface area (Å²) in [6.45, 7) is 0.975. The van der Waals surface area contributed by atoms with Crippen LogP contribution in [0.15, 0.2) is 47.9 Å². The van der Waals surface area contributed by atoms with E-state index < -0.39 is 0 Å². The van der Waals surface area contributed by atoms with Gasteiger partial charge in [-0.15, -0.1) is 0 Å². The summed E-state index contributed by atoms with van der Waals surface area (Å²) in [7, 11) is 0. The Hall–Kier alpha value is -1.95. The van der Waals surface area contributed by atoms with E-state index in [1.807, 2.05) is 36.5 Å². The topological polar surface area (TPSA) is 56.2 Å². The molecule has 0 spiro atoms. The summed E-state index contributed by atoms with van der Waals surface area (Å²) in [6, 6.07) is 10.2. The van der Waals surface area contributed by atoms with Gasteiger partial charge in [-0.05, 0) is 25.0 Å². The average molecular weight is 317 g/mol. The number of hydrogen-bond acceptors (Lipinski definition) is 4. The molecule has 1 fully saturated rings. The number of hydrogen-bond donors (Lipinski definition) is 1. The first-order valence-corrected chi connectivity index (χ1v) is 8.41. The van der Waals surface area contributed by atoms with Gasteiger partial charge >= 0.3 is 0 Å². The van der Waals surface area contributed by atoms with Crippen molar-refractivity contribution in [2.24, 2.45) is 0 Å². The van der Waals surface area contributed by atoms with Crippen LogP contribution in [-0.2, 0) is 4.79 Å². The molecule has 1 aromatic heterocycles. The molecule has 1 aromatic carbocycles. The molecule has 1 aliphatic carbocycles. The minimum absolute atomic E-state index is 0.00649. The van der Waals surface area contributed by atoms with Crippen molar-refractivity contribution >= 4 is 17.7 Å². The Bertz CT molecular complexity index is 611. The number of imidazole rings is 1. The molecule has 0 bridgehead atoms. The molecule has 5 nitrogen and oxygen atoms in total. The zero-order chi connectivity index (χ0) is 15.2. The van der Waals surface area contributed by atoms with Crippen LogP contribution in [0, 0.1) is 0 Å². The molecule has 3 rings (SSSR count). The molecular formula is C16H19N3O2S. The van der Waals surface area contributed by atoms with Crippen LogP contribution >= 0.6 is 11.8 Å². The molecule has 6 heteroatoms. The third-order valence-electron chi connectivity index (χ3n) is 3.34. The van der Waals surface area contributed by atoms with E-state index >= 15 is 0 Å². The first-order chi connectivity index (χ1) is 10.8. The zero-order valence-electron chi connectivity index (χ0n) is 12.3. The van der Waals surface area contributed by atoms with Crippen molar-refractivity contribution in [2.45, 2.75) is 24.0 Å². The number of ether oxygens (including phenoxy) is 1. The highest BCUT2D eigenvalue weighted by atomic mass is 32.2. The molecule has 0 radical (unpaired) electrons. The van der Waals surface area contributed by atoms with Crippen molar-refractivity contribution in [2.75, 3.05) is 18.9 Å². The number of benzene rings is 1. The molecule has 116 valence electrons. The third kappa shape index (κ3) is 4.27. The number of carbonyl (C=O) groups is 1. The Morgan fingerprint density at radius 3 is 2.95 bits per heavy atom. The normalized spacial score (nSPS) is 13.8. The number of rotatable bonds is 8. The summed E-state index contributed by atoms with van der Waals surface area (Å²) in [4.78, 5) is 16.1. The summed E-state index contributed by atoms with van der Waals surface area (Å²) >= 11 is 1.48. The van der Waals surface area contributed by atoms with Crippen LogP contribution in [0.1, 0.15) is 18.9 Å². The maximum absolute atomic E-state index is 11.8. The lowest BCUT2D eigenvalue weighted by atomic mass is 10.3. The highest BCUT2D eigenvalue weighted by Crippen LogP contribution is 2.37. The van der Waals surface area contributed by atoms with Gasteiger partial charge < -0.3 is 14.6 Å². The fourth-order valence-electron chi connectivity index (χ4n) is 2.10. The Labute approximate surface area is 134 Å². The lowest BCUT2D eigenvalue weighted by Gasteiger charge is -2.08. The maximum Gasteiger partial charge on any atom is 0.230 e. The molecule has 0 saturated heterocycles. The molecule has 0 unspecified atom stereocenters. The van der Waals surface area contributed by atoms with Crippen molar-refractivity contribution < 1.29 is 9.53 Å². The number of amides is 1. The molecule has 1 saturated carbocycles. The summed E-state index contributed by atoms with van der Waals surface area (Å²) in [5, 5.41) is 3.79. The first-order valence-electron chi connectivity index (χ1n) is 7.43. The highest BCUT2D eigenvalue weighted by molar-refractivity contribution is 7.99. The van der Waals surface area contributed by atoms with Gasteiger partial charge in [-0.3, -0.25) is 4.79 Å². The predicted octanol–water partition coefficient (Wildman–Crippen LogP) is 2.51. The zero-order valence-corrected chi connectivity index (χ0v) is 13.1. The SMILES string of the molecule is O=C(CSc1nccn1C1CC1)NCCOc1ccccc1. The third-order valence-corrected chi connectivity index (χ3v) is 4.32. The van der Waals surface area contributed by atoms with Gasteiger partial charge in [-0.25, -0.2) is 4.98 Å². The summed E-state index contributed by atoms with van der Waals surface area (Å²) < 4.78 is 7.69. The minimum Gasteiger partial charge on any atom is -0.492 e. The number of carbonyl (C=O) groups excluding carboxylic acids is 1. The van der Waals surface area contributed by atoms with Crippen molar-refractivity contribution in [3.8, 4) is 5.75 Å². The van der Waals surface area contributed by atoms with E-state index in [9.17, 15) is 4.79 Å². The van der Waals surface area contributed by atoms with Crippen LogP contribution in [0.5, 0.6) is 5.75 Å². The smallest absolute Gasteiger partial charge is 0.230 e. The molecule has 1 heterocycles. The molecular weight excluding hydrogens is 298 g/mol. The molecule has 1 amide bonds. The van der Waals surface area contributed by atoms with Crippen LogP contribution in [0.3, 0.4) is 0 Å². The number of nitrogens with one attached hydrogen (secondary N) is 1. The second-order valence-electron chi connectivity index (χ2n) is 5.15. The van der Waals surface area contributed by atoms with Gasteiger partial charge in [0.1, 0.15) is 12.4 Å². The number of thioether (sulfide) groups is 1. The predicted molar refractivity (Wildman–Crippen MR) is 86.2 cm³/mol. The van der Waals surface area contributed by atoms with Crippen LogP contribution in [0.25, 0.3) is 0 Å². The summed E-state index contributed by atoms with van der Waals surface area (Å²) in [5.74, 6) is 1.21. The lowest BCUT2D eigenvalue weighted by Crippen LogP contribution is -2.29. The van der Waals surface area contributed by atoms with E-state index in [1.54, 1.807) is 6.20 Å². The van der Waals surface area contributed by atoms with E-state index in [2.05, 4.69) is 14.9 Å². The fourth-order valence-corrected chi connectivity index (χ4v) is 2.96. The summed E-state index contributed by atoms with van der Waals surface area (Å²) in [5.41, 5.74) is 0. The maximum atomic E-state index is 11.8. The standard InChI is InChI=1S/C16H19N3O2S/c20-15(17-9-11-21-14-4-2-1-3-5-14)12-22-16-18-8-10-19(16)13-6-7-13/h1-5,8,10,13H,6-7,9,11-12H2,(H,17,20). The Morgan fingerprint density at radius 1 is 1.36 bits per heavy atom. The molecule has 1 N–H and O–H groups in total. The number of nitrogens with zero attached hydrogens (tertiary/aromatic N) is 2. The largest absolute Gasteiger partial charge is 0.492 e. The van der Waals surface area contributed by atoms with Gasteiger partial charge in [0.2, 0.25) is 5.91 Å². The van der Waals surface area contributed by atoms with E-state index in [1.165, 1.54) is 24.6 Å². The Morgan fingerprint density at radius 2 is 2.18 bits per heavy atom. The number of para-hydroxylation sites is 1. The van der Waals surface area contributed by atoms with Crippen molar-refractivity contribution in [3.05, 3.63) is 42.7 Å². The van der Waals surface area contributed by atoms with Gasteiger partial charge in [-0.2, -0.15) is 0 Å². The van der Waals surface area contributed by atoms with Crippen molar-refractivity contribution in [3.63, 3.8) is 0 Å². The molecule has 1 aliphatic rings. The lowest BCUT2D eigenvalue weighted by molar-refractivity contribution is -0.118. The van der Waals surface area contributed by atoms with Crippen molar-refractivity contribution in [1.29, 1.82) is 0 Å². The highest BCUT2D eigenvalue weighted by Gasteiger charge is 2.25. The van der Waals surface area contributed by atoms with Crippen LogP contribution in [0.4, 0.5) is 0 Å². The molecule has 0 atom stereocenters. The molecule has 0 aliphatic heterocycles. The monoisotopic (exact) mass is 317 g/mol. The van der Waals surface area contributed by atoms with Gasteiger partial charge in [0.15, 0.2) is 5.16 Å². The quantitative estimate of drug-likeness (QED) is 0.600.